The van der Waals surface area contributed by atoms with Crippen molar-refractivity contribution in [1.82, 2.24) is 10.3 Å². The van der Waals surface area contributed by atoms with E-state index in [2.05, 4.69) is 43.5 Å². The summed E-state index contributed by atoms with van der Waals surface area (Å²) in [4.78, 5) is 28.3. The third kappa shape index (κ3) is 5.16. The van der Waals surface area contributed by atoms with Gasteiger partial charge in [-0.05, 0) is 71.2 Å². The van der Waals surface area contributed by atoms with E-state index >= 15 is 0 Å². The van der Waals surface area contributed by atoms with Gasteiger partial charge >= 0.3 is 0 Å². The van der Waals surface area contributed by atoms with Gasteiger partial charge < -0.3 is 10.6 Å². The number of carbonyl (C=O) groups excluding carboxylic acids is 2. The summed E-state index contributed by atoms with van der Waals surface area (Å²) in [5.74, 6) is -0.472. The van der Waals surface area contributed by atoms with Crippen LogP contribution in [0.15, 0.2) is 36.4 Å². The molecule has 2 aromatic carbocycles. The molecule has 0 spiro atoms. The zero-order chi connectivity index (χ0) is 20.3. The number of amides is 2. The molecule has 144 valence electrons. The molecule has 0 saturated heterocycles. The molecule has 0 fully saturated rings. The molecule has 3 aromatic rings. The van der Waals surface area contributed by atoms with Gasteiger partial charge in [0.1, 0.15) is 0 Å². The van der Waals surface area contributed by atoms with Crippen LogP contribution in [0.5, 0.6) is 0 Å². The maximum absolute atomic E-state index is 12.4. The quantitative estimate of drug-likeness (QED) is 0.317. The number of benzene rings is 2. The summed E-state index contributed by atoms with van der Waals surface area (Å²) in [6.07, 6.45) is 0.390. The normalized spacial score (nSPS) is 10.5. The fraction of sp³-hybridized carbons (Fsp3) is 0.111. The largest absolute Gasteiger partial charge is 0.332 e. The second-order valence-electron chi connectivity index (χ2n) is 5.64. The van der Waals surface area contributed by atoms with E-state index in [1.807, 2.05) is 18.2 Å². The number of thiazole rings is 1. The van der Waals surface area contributed by atoms with E-state index in [0.29, 0.717) is 27.8 Å². The Morgan fingerprint density at radius 3 is 2.75 bits per heavy atom. The van der Waals surface area contributed by atoms with E-state index in [1.165, 1.54) is 11.3 Å². The van der Waals surface area contributed by atoms with Crippen molar-refractivity contribution in [2.75, 3.05) is 10.6 Å². The number of nitrogens with one attached hydrogen (secondary N) is 3. The Bertz CT molecular complexity index is 1090. The van der Waals surface area contributed by atoms with E-state index in [-0.39, 0.29) is 16.9 Å². The van der Waals surface area contributed by atoms with Gasteiger partial charge in [0.15, 0.2) is 10.2 Å². The smallest absolute Gasteiger partial charge is 0.258 e. The van der Waals surface area contributed by atoms with Crippen molar-refractivity contribution in [3.05, 3.63) is 50.6 Å². The lowest BCUT2D eigenvalue weighted by Crippen LogP contribution is -2.34. The molecule has 0 aliphatic carbocycles. The molecule has 0 aliphatic heterocycles. The molecule has 1 heterocycles. The molecule has 6 nitrogen and oxygen atoms in total. The molecule has 1 aromatic heterocycles. The minimum atomic E-state index is -0.385. The summed E-state index contributed by atoms with van der Waals surface area (Å²) in [6, 6.07) is 10.6. The zero-order valence-corrected chi connectivity index (χ0v) is 19.1. The Hall–Kier alpha value is -1.82. The van der Waals surface area contributed by atoms with Crippen LogP contribution in [0.2, 0.25) is 5.02 Å². The van der Waals surface area contributed by atoms with Gasteiger partial charge in [-0.3, -0.25) is 14.9 Å². The average molecular weight is 545 g/mol. The minimum Gasteiger partial charge on any atom is -0.332 e. The van der Waals surface area contributed by atoms with Gasteiger partial charge in [0.05, 0.1) is 20.8 Å². The molecule has 28 heavy (non-hydrogen) atoms. The zero-order valence-electron chi connectivity index (χ0n) is 14.5. The summed E-state index contributed by atoms with van der Waals surface area (Å²) < 4.78 is 1.78. The van der Waals surface area contributed by atoms with Crippen molar-refractivity contribution in [1.29, 1.82) is 0 Å². The lowest BCUT2D eigenvalue weighted by Gasteiger charge is -2.10. The number of anilines is 2. The maximum atomic E-state index is 12.4. The fourth-order valence-electron chi connectivity index (χ4n) is 2.27. The predicted octanol–water partition coefficient (Wildman–Crippen LogP) is 5.03. The lowest BCUT2D eigenvalue weighted by atomic mass is 10.2. The van der Waals surface area contributed by atoms with Gasteiger partial charge in [-0.1, -0.05) is 29.9 Å². The Morgan fingerprint density at radius 1 is 1.21 bits per heavy atom. The minimum absolute atomic E-state index is 0.0875. The molecule has 0 saturated carbocycles. The first-order valence-corrected chi connectivity index (χ1v) is 10.8. The molecule has 0 unspecified atom stereocenters. The summed E-state index contributed by atoms with van der Waals surface area (Å²) >= 11 is 14.8. The van der Waals surface area contributed by atoms with Gasteiger partial charge in [-0.2, -0.15) is 0 Å². The second-order valence-corrected chi connectivity index (χ2v) is 8.73. The molecule has 3 N–H and O–H groups in total. The number of rotatable bonds is 4. The van der Waals surface area contributed by atoms with Crippen LogP contribution >= 0.6 is 57.7 Å². The van der Waals surface area contributed by atoms with Crippen LogP contribution in [0.3, 0.4) is 0 Å². The highest BCUT2D eigenvalue weighted by molar-refractivity contribution is 14.1. The third-order valence-corrected chi connectivity index (χ3v) is 5.75. The molecular weight excluding hydrogens is 531 g/mol. The van der Waals surface area contributed by atoms with Gasteiger partial charge in [-0.25, -0.2) is 4.98 Å². The number of thiocarbonyl (C=S) groups is 1. The summed E-state index contributed by atoms with van der Waals surface area (Å²) in [5, 5.41) is 9.40. The van der Waals surface area contributed by atoms with Crippen LogP contribution in [0.1, 0.15) is 23.7 Å². The van der Waals surface area contributed by atoms with Crippen molar-refractivity contribution in [2.24, 2.45) is 0 Å². The number of carbonyl (C=O) groups is 2. The Kier molecular flexibility index (Phi) is 6.81. The molecule has 10 heteroatoms. The molecule has 3 rings (SSSR count). The lowest BCUT2D eigenvalue weighted by molar-refractivity contribution is -0.115. The van der Waals surface area contributed by atoms with Crippen LogP contribution in [0.25, 0.3) is 10.2 Å². The van der Waals surface area contributed by atoms with E-state index < -0.39 is 0 Å². The first-order valence-electron chi connectivity index (χ1n) is 8.13. The van der Waals surface area contributed by atoms with Crippen molar-refractivity contribution in [3.8, 4) is 0 Å². The van der Waals surface area contributed by atoms with Gasteiger partial charge in [-0.15, -0.1) is 0 Å². The highest BCUT2D eigenvalue weighted by Gasteiger charge is 2.13. The number of nitrogens with zero attached hydrogens (tertiary/aromatic N) is 1. The summed E-state index contributed by atoms with van der Waals surface area (Å²) in [6.45, 7) is 1.78. The molecule has 2 amide bonds. The van der Waals surface area contributed by atoms with E-state index in [1.54, 1.807) is 25.1 Å². The van der Waals surface area contributed by atoms with E-state index in [0.717, 1.165) is 13.8 Å². The van der Waals surface area contributed by atoms with E-state index in [4.69, 9.17) is 23.8 Å². The van der Waals surface area contributed by atoms with Crippen molar-refractivity contribution in [3.63, 3.8) is 0 Å². The van der Waals surface area contributed by atoms with Crippen LogP contribution in [0, 0.1) is 3.57 Å². The van der Waals surface area contributed by atoms with Gasteiger partial charge in [0.25, 0.3) is 5.91 Å². The standard InChI is InChI=1S/C18H14ClIN4O2S2/c1-2-15(25)23-18-22-13-6-4-10(8-14(13)28-18)21-17(27)24-16(26)11-7-9(20)3-5-12(11)19/h3-8H,2H2,1H3,(H,22,23,25)(H2,21,24,26,27). The number of hydrogen-bond acceptors (Lipinski definition) is 5. The SMILES string of the molecule is CCC(=O)Nc1nc2ccc(NC(=S)NC(=O)c3cc(I)ccc3Cl)cc2s1. The highest BCUT2D eigenvalue weighted by atomic mass is 127. The van der Waals surface area contributed by atoms with Gasteiger partial charge in [0.2, 0.25) is 5.91 Å². The summed E-state index contributed by atoms with van der Waals surface area (Å²) in [5.41, 5.74) is 1.82. The van der Waals surface area contributed by atoms with Crippen molar-refractivity contribution < 1.29 is 9.59 Å². The van der Waals surface area contributed by atoms with Crippen molar-refractivity contribution in [2.45, 2.75) is 13.3 Å². The number of aromatic nitrogens is 1. The topological polar surface area (TPSA) is 83.1 Å². The fourth-order valence-corrected chi connectivity index (χ4v) is 4.09. The Balaban J connectivity index is 1.69. The molecule has 0 radical (unpaired) electrons. The van der Waals surface area contributed by atoms with Crippen LogP contribution in [0.4, 0.5) is 10.8 Å². The highest BCUT2D eigenvalue weighted by Crippen LogP contribution is 2.28. The first-order chi connectivity index (χ1) is 13.4. The number of fused-ring (bicyclic) bond motifs is 1. The Morgan fingerprint density at radius 2 is 2.00 bits per heavy atom. The monoisotopic (exact) mass is 544 g/mol. The van der Waals surface area contributed by atoms with E-state index in [9.17, 15) is 9.59 Å². The number of halogens is 2. The molecule has 0 bridgehead atoms. The van der Waals surface area contributed by atoms with Crippen LogP contribution in [-0.4, -0.2) is 21.9 Å². The maximum Gasteiger partial charge on any atom is 0.258 e. The Labute approximate surface area is 189 Å². The number of hydrogen-bond donors (Lipinski definition) is 3. The van der Waals surface area contributed by atoms with Crippen molar-refractivity contribution >= 4 is 95.7 Å². The van der Waals surface area contributed by atoms with Crippen LogP contribution in [-0.2, 0) is 4.79 Å². The average Bonchev–Trinajstić information content (AvgIpc) is 3.04. The predicted molar refractivity (Wildman–Crippen MR) is 126 cm³/mol. The molecule has 0 aliphatic rings. The third-order valence-electron chi connectivity index (χ3n) is 3.61. The molecule has 0 atom stereocenters. The molecular formula is C18H14ClIN4O2S2. The second kappa shape index (κ2) is 9.12. The summed E-state index contributed by atoms with van der Waals surface area (Å²) in [7, 11) is 0. The van der Waals surface area contributed by atoms with Crippen LogP contribution < -0.4 is 16.0 Å². The first kappa shape index (κ1) is 20.9. The van der Waals surface area contributed by atoms with Gasteiger partial charge in [0, 0.05) is 15.7 Å².